The van der Waals surface area contributed by atoms with E-state index in [2.05, 4.69) is 20.0 Å². The van der Waals surface area contributed by atoms with Crippen LogP contribution in [-0.4, -0.2) is 47.9 Å². The van der Waals surface area contributed by atoms with Crippen molar-refractivity contribution in [2.75, 3.05) is 20.8 Å². The molecule has 0 aliphatic carbocycles. The van der Waals surface area contributed by atoms with Gasteiger partial charge >= 0.3 is 5.97 Å². The summed E-state index contributed by atoms with van der Waals surface area (Å²) < 4.78 is 9.69. The van der Waals surface area contributed by atoms with Crippen molar-refractivity contribution in [3.05, 3.63) is 51.9 Å². The Morgan fingerprint density at radius 1 is 1.25 bits per heavy atom. The quantitative estimate of drug-likeness (QED) is 0.368. The van der Waals surface area contributed by atoms with Gasteiger partial charge in [0.05, 0.1) is 31.6 Å². The minimum Gasteiger partial charge on any atom is -0.497 e. The van der Waals surface area contributed by atoms with Gasteiger partial charge in [-0.05, 0) is 31.0 Å². The molecule has 1 heterocycles. The third kappa shape index (κ3) is 6.73. The molecule has 0 aliphatic rings. The van der Waals surface area contributed by atoms with Crippen LogP contribution >= 0.6 is 11.8 Å². The van der Waals surface area contributed by atoms with Gasteiger partial charge in [-0.2, -0.15) is 0 Å². The third-order valence-corrected chi connectivity index (χ3v) is 4.84. The predicted octanol–water partition coefficient (Wildman–Crippen LogP) is 1.33. The van der Waals surface area contributed by atoms with Crippen LogP contribution in [0.2, 0.25) is 0 Å². The molecule has 2 rings (SSSR count). The van der Waals surface area contributed by atoms with E-state index in [0.29, 0.717) is 18.7 Å². The van der Waals surface area contributed by atoms with Crippen molar-refractivity contribution in [2.24, 2.45) is 0 Å². The first-order valence-electron chi connectivity index (χ1n) is 8.65. The maximum absolute atomic E-state index is 12.3. The Hall–Kier alpha value is -2.81. The lowest BCUT2D eigenvalue weighted by Crippen LogP contribution is -2.32. The average molecular weight is 405 g/mol. The van der Waals surface area contributed by atoms with E-state index in [-0.39, 0.29) is 23.0 Å². The number of H-pyrrole nitrogens is 1. The average Bonchev–Trinajstić information content (AvgIpc) is 2.67. The topological polar surface area (TPSA) is 110 Å². The molecule has 150 valence electrons. The smallest absolute Gasteiger partial charge is 0.311 e. The number of benzene rings is 1. The SMILES string of the molecule is COC(=O)Cc1cc(=O)[nH]c(S[C@H](C)C(=O)NCCc2ccc(OC)cc2)n1. The van der Waals surface area contributed by atoms with Gasteiger partial charge in [-0.15, -0.1) is 0 Å². The maximum atomic E-state index is 12.3. The molecular weight excluding hydrogens is 382 g/mol. The van der Waals surface area contributed by atoms with Crippen molar-refractivity contribution in [1.29, 1.82) is 0 Å². The molecule has 2 N–H and O–H groups in total. The lowest BCUT2D eigenvalue weighted by atomic mass is 10.1. The van der Waals surface area contributed by atoms with Crippen molar-refractivity contribution in [3.8, 4) is 5.75 Å². The number of hydrogen-bond donors (Lipinski definition) is 2. The van der Waals surface area contributed by atoms with Crippen molar-refractivity contribution in [3.63, 3.8) is 0 Å². The lowest BCUT2D eigenvalue weighted by molar-refractivity contribution is -0.139. The van der Waals surface area contributed by atoms with Crippen LogP contribution in [0.5, 0.6) is 5.75 Å². The first kappa shape index (κ1) is 21.5. The number of hydrogen-bond acceptors (Lipinski definition) is 7. The normalized spacial score (nSPS) is 11.5. The van der Waals surface area contributed by atoms with E-state index in [9.17, 15) is 14.4 Å². The van der Waals surface area contributed by atoms with E-state index in [1.54, 1.807) is 14.0 Å². The van der Waals surface area contributed by atoms with Gasteiger partial charge in [-0.1, -0.05) is 23.9 Å². The monoisotopic (exact) mass is 405 g/mol. The van der Waals surface area contributed by atoms with Crippen LogP contribution in [0.15, 0.2) is 40.3 Å². The lowest BCUT2D eigenvalue weighted by Gasteiger charge is -2.12. The molecule has 8 nitrogen and oxygen atoms in total. The molecule has 0 saturated heterocycles. The zero-order valence-corrected chi connectivity index (χ0v) is 16.8. The number of carbonyl (C=O) groups excluding carboxylic acids is 2. The van der Waals surface area contributed by atoms with Gasteiger partial charge in [0.1, 0.15) is 5.75 Å². The highest BCUT2D eigenvalue weighted by Crippen LogP contribution is 2.18. The zero-order chi connectivity index (χ0) is 20.5. The summed E-state index contributed by atoms with van der Waals surface area (Å²) in [5, 5.41) is 2.68. The number of methoxy groups -OCH3 is 2. The summed E-state index contributed by atoms with van der Waals surface area (Å²) in [6.45, 7) is 2.21. The second kappa shape index (κ2) is 10.5. The van der Waals surface area contributed by atoms with E-state index < -0.39 is 11.2 Å². The first-order chi connectivity index (χ1) is 13.4. The second-order valence-electron chi connectivity index (χ2n) is 5.94. The van der Waals surface area contributed by atoms with Gasteiger partial charge < -0.3 is 19.8 Å². The van der Waals surface area contributed by atoms with Gasteiger partial charge in [0.25, 0.3) is 5.56 Å². The molecule has 1 aromatic heterocycles. The number of thioether (sulfide) groups is 1. The largest absolute Gasteiger partial charge is 0.497 e. The van der Waals surface area contributed by atoms with E-state index in [1.165, 1.54) is 13.2 Å². The Labute approximate surface area is 167 Å². The molecule has 28 heavy (non-hydrogen) atoms. The van der Waals surface area contributed by atoms with E-state index in [0.717, 1.165) is 23.1 Å². The van der Waals surface area contributed by atoms with Crippen LogP contribution in [0.4, 0.5) is 0 Å². The number of ether oxygens (including phenoxy) is 2. The van der Waals surface area contributed by atoms with Gasteiger partial charge in [0, 0.05) is 12.6 Å². The van der Waals surface area contributed by atoms with Gasteiger partial charge in [-0.3, -0.25) is 14.4 Å². The fourth-order valence-electron chi connectivity index (χ4n) is 2.34. The van der Waals surface area contributed by atoms with Crippen LogP contribution in [0.25, 0.3) is 0 Å². The zero-order valence-electron chi connectivity index (χ0n) is 16.0. The second-order valence-corrected chi connectivity index (χ2v) is 7.27. The molecule has 1 atom stereocenters. The fraction of sp³-hybridized carbons (Fsp3) is 0.368. The summed E-state index contributed by atoms with van der Waals surface area (Å²) >= 11 is 1.12. The number of nitrogens with one attached hydrogen (secondary N) is 2. The number of esters is 1. The minimum atomic E-state index is -0.488. The Kier molecular flexibility index (Phi) is 8.06. The van der Waals surface area contributed by atoms with Crippen LogP contribution in [0, 0.1) is 0 Å². The molecule has 2 aromatic rings. The molecule has 0 radical (unpaired) electrons. The number of nitrogens with zero attached hydrogens (tertiary/aromatic N) is 1. The molecule has 0 aliphatic heterocycles. The molecule has 1 aromatic carbocycles. The molecule has 0 unspecified atom stereocenters. The van der Waals surface area contributed by atoms with Crippen LogP contribution in [0.1, 0.15) is 18.2 Å². The summed E-state index contributed by atoms with van der Waals surface area (Å²) in [6.07, 6.45) is 0.591. The van der Waals surface area contributed by atoms with Gasteiger partial charge in [-0.25, -0.2) is 4.98 Å². The highest BCUT2D eigenvalue weighted by atomic mass is 32.2. The van der Waals surface area contributed by atoms with E-state index in [4.69, 9.17) is 4.74 Å². The fourth-order valence-corrected chi connectivity index (χ4v) is 3.19. The summed E-state index contributed by atoms with van der Waals surface area (Å²) in [5.41, 5.74) is 0.997. The Morgan fingerprint density at radius 3 is 2.61 bits per heavy atom. The maximum Gasteiger partial charge on any atom is 0.311 e. The first-order valence-corrected chi connectivity index (χ1v) is 9.53. The van der Waals surface area contributed by atoms with Crippen molar-refractivity contribution < 1.29 is 19.1 Å². The third-order valence-electron chi connectivity index (χ3n) is 3.86. The highest BCUT2D eigenvalue weighted by Gasteiger charge is 2.16. The summed E-state index contributed by atoms with van der Waals surface area (Å²) in [5.74, 6) is 0.131. The number of aromatic amines is 1. The molecule has 0 fully saturated rings. The Bertz CT molecular complexity index is 867. The molecule has 0 spiro atoms. The van der Waals surface area contributed by atoms with Crippen molar-refractivity contribution in [1.82, 2.24) is 15.3 Å². The van der Waals surface area contributed by atoms with E-state index >= 15 is 0 Å². The van der Waals surface area contributed by atoms with Crippen LogP contribution in [-0.2, 0) is 27.2 Å². The number of rotatable bonds is 9. The number of aromatic nitrogens is 2. The van der Waals surface area contributed by atoms with Crippen LogP contribution in [0.3, 0.4) is 0 Å². The number of carbonyl (C=O) groups is 2. The molecular formula is C19H23N3O5S. The summed E-state index contributed by atoms with van der Waals surface area (Å²) in [7, 11) is 2.88. The Balaban J connectivity index is 1.87. The van der Waals surface area contributed by atoms with Crippen molar-refractivity contribution >= 4 is 23.6 Å². The summed E-state index contributed by atoms with van der Waals surface area (Å²) in [4.78, 5) is 42.1. The predicted molar refractivity (Wildman–Crippen MR) is 106 cm³/mol. The van der Waals surface area contributed by atoms with Crippen molar-refractivity contribution in [2.45, 2.75) is 30.2 Å². The van der Waals surface area contributed by atoms with Crippen LogP contribution < -0.4 is 15.6 Å². The standard InChI is InChI=1S/C19H23N3O5S/c1-12(18(25)20-9-8-13-4-6-15(26-2)7-5-13)28-19-21-14(10-16(23)22-19)11-17(24)27-3/h4-7,10,12H,8-9,11H2,1-3H3,(H,20,25)(H,21,22,23)/t12-/m1/s1. The molecule has 9 heteroatoms. The van der Waals surface area contributed by atoms with E-state index in [1.807, 2.05) is 24.3 Å². The molecule has 0 bridgehead atoms. The molecule has 1 amide bonds. The number of amides is 1. The van der Waals surface area contributed by atoms with Gasteiger partial charge in [0.15, 0.2) is 5.16 Å². The Morgan fingerprint density at radius 2 is 1.96 bits per heavy atom. The highest BCUT2D eigenvalue weighted by molar-refractivity contribution is 8.00. The summed E-state index contributed by atoms with van der Waals surface area (Å²) in [6, 6.07) is 8.88. The van der Waals surface area contributed by atoms with Gasteiger partial charge in [0.2, 0.25) is 5.91 Å². The minimum absolute atomic E-state index is 0.101. The molecule has 0 saturated carbocycles.